The van der Waals surface area contributed by atoms with E-state index in [0.717, 1.165) is 5.88 Å². The van der Waals surface area contributed by atoms with E-state index in [1.807, 2.05) is 6.07 Å². The van der Waals surface area contributed by atoms with Gasteiger partial charge in [-0.15, -0.1) is 0 Å². The third kappa shape index (κ3) is 2.21. The summed E-state index contributed by atoms with van der Waals surface area (Å²) in [6, 6.07) is 4.03. The van der Waals surface area contributed by atoms with Crippen LogP contribution in [-0.2, 0) is 0 Å². The SMILES string of the molecule is CC[Se]c1cccnc1OC. The monoisotopic (exact) mass is 217 g/mol. The molecular weight excluding hydrogens is 205 g/mol. The molecule has 0 saturated carbocycles. The second-order valence-electron chi connectivity index (χ2n) is 1.94. The van der Waals surface area contributed by atoms with E-state index in [1.165, 1.54) is 9.78 Å². The number of methoxy groups -OCH3 is 1. The molecule has 1 aromatic heterocycles. The fourth-order valence-electron chi connectivity index (χ4n) is 0.795. The topological polar surface area (TPSA) is 22.1 Å². The van der Waals surface area contributed by atoms with Crippen molar-refractivity contribution in [3.05, 3.63) is 18.3 Å². The average Bonchev–Trinajstić information content (AvgIpc) is 2.06. The van der Waals surface area contributed by atoms with Crippen LogP contribution in [0, 0.1) is 0 Å². The summed E-state index contributed by atoms with van der Waals surface area (Å²) in [6.07, 6.45) is 1.76. The van der Waals surface area contributed by atoms with Gasteiger partial charge >= 0.3 is 72.7 Å². The van der Waals surface area contributed by atoms with Gasteiger partial charge in [-0.1, -0.05) is 0 Å². The average molecular weight is 216 g/mol. The second kappa shape index (κ2) is 4.37. The summed E-state index contributed by atoms with van der Waals surface area (Å²) < 4.78 is 6.36. The van der Waals surface area contributed by atoms with Crippen molar-refractivity contribution >= 4 is 19.4 Å². The minimum atomic E-state index is 0.513. The fraction of sp³-hybridized carbons (Fsp3) is 0.375. The molecule has 0 fully saturated rings. The Bertz CT molecular complexity index is 227. The Morgan fingerprint density at radius 2 is 2.45 bits per heavy atom. The van der Waals surface area contributed by atoms with Crippen molar-refractivity contribution in [2.75, 3.05) is 7.11 Å². The summed E-state index contributed by atoms with van der Waals surface area (Å²) in [5.41, 5.74) is 0. The predicted molar refractivity (Wildman–Crippen MR) is 46.7 cm³/mol. The molecule has 0 aliphatic carbocycles. The third-order valence-electron chi connectivity index (χ3n) is 1.23. The maximum absolute atomic E-state index is 5.10. The first-order valence-corrected chi connectivity index (χ1v) is 5.57. The van der Waals surface area contributed by atoms with Gasteiger partial charge in [-0.3, -0.25) is 0 Å². The van der Waals surface area contributed by atoms with Crippen molar-refractivity contribution in [2.45, 2.75) is 12.2 Å². The first-order chi connectivity index (χ1) is 5.38. The molecule has 0 aliphatic heterocycles. The van der Waals surface area contributed by atoms with Crippen LogP contribution in [0.3, 0.4) is 0 Å². The van der Waals surface area contributed by atoms with E-state index < -0.39 is 0 Å². The molecule has 11 heavy (non-hydrogen) atoms. The van der Waals surface area contributed by atoms with Gasteiger partial charge in [0.25, 0.3) is 0 Å². The molecular formula is C8H11NOSe. The van der Waals surface area contributed by atoms with Crippen LogP contribution in [0.25, 0.3) is 0 Å². The Hall–Kier alpha value is -0.531. The molecule has 2 nitrogen and oxygen atoms in total. The van der Waals surface area contributed by atoms with Crippen molar-refractivity contribution in [3.63, 3.8) is 0 Å². The number of hydrogen-bond acceptors (Lipinski definition) is 2. The van der Waals surface area contributed by atoms with Crippen LogP contribution < -0.4 is 9.20 Å². The van der Waals surface area contributed by atoms with Gasteiger partial charge in [-0.2, -0.15) is 0 Å². The van der Waals surface area contributed by atoms with Crippen LogP contribution >= 0.6 is 0 Å². The minimum absolute atomic E-state index is 0.513. The quantitative estimate of drug-likeness (QED) is 0.699. The van der Waals surface area contributed by atoms with Gasteiger partial charge in [0.05, 0.1) is 0 Å². The summed E-state index contributed by atoms with van der Waals surface area (Å²) in [6.45, 7) is 2.17. The second-order valence-corrected chi connectivity index (χ2v) is 4.68. The van der Waals surface area contributed by atoms with E-state index >= 15 is 0 Å². The number of ether oxygens (including phenoxy) is 1. The van der Waals surface area contributed by atoms with Crippen molar-refractivity contribution in [1.82, 2.24) is 4.98 Å². The number of rotatable bonds is 3. The molecule has 0 amide bonds. The number of nitrogens with zero attached hydrogens (tertiary/aromatic N) is 1. The van der Waals surface area contributed by atoms with Crippen molar-refractivity contribution in [1.29, 1.82) is 0 Å². The predicted octanol–water partition coefficient (Wildman–Crippen LogP) is 0.858. The van der Waals surface area contributed by atoms with Crippen molar-refractivity contribution in [3.8, 4) is 5.88 Å². The third-order valence-corrected chi connectivity index (χ3v) is 3.14. The van der Waals surface area contributed by atoms with E-state index in [4.69, 9.17) is 4.74 Å². The Balaban J connectivity index is 2.83. The summed E-state index contributed by atoms with van der Waals surface area (Å²) in [5.74, 6) is 0.786. The van der Waals surface area contributed by atoms with Gasteiger partial charge in [-0.25, -0.2) is 0 Å². The number of aromatic nitrogens is 1. The van der Waals surface area contributed by atoms with Crippen LogP contribution in [0.2, 0.25) is 5.32 Å². The first-order valence-electron chi connectivity index (χ1n) is 3.50. The van der Waals surface area contributed by atoms with Crippen LogP contribution in [0.15, 0.2) is 18.3 Å². The molecule has 0 saturated heterocycles. The van der Waals surface area contributed by atoms with E-state index in [0.29, 0.717) is 15.0 Å². The maximum atomic E-state index is 5.10. The summed E-state index contributed by atoms with van der Waals surface area (Å²) >= 11 is 0.513. The van der Waals surface area contributed by atoms with Gasteiger partial charge < -0.3 is 0 Å². The van der Waals surface area contributed by atoms with Gasteiger partial charge in [0.2, 0.25) is 0 Å². The van der Waals surface area contributed by atoms with Gasteiger partial charge in [-0.05, 0) is 0 Å². The molecule has 0 atom stereocenters. The van der Waals surface area contributed by atoms with Crippen LogP contribution in [-0.4, -0.2) is 27.1 Å². The molecule has 0 aliphatic rings. The molecule has 0 aromatic carbocycles. The van der Waals surface area contributed by atoms with Crippen molar-refractivity contribution < 1.29 is 4.74 Å². The zero-order valence-electron chi connectivity index (χ0n) is 6.70. The molecule has 1 aromatic rings. The normalized spacial score (nSPS) is 9.64. The van der Waals surface area contributed by atoms with E-state index in [2.05, 4.69) is 18.0 Å². The van der Waals surface area contributed by atoms with Crippen LogP contribution in [0.1, 0.15) is 6.92 Å². The van der Waals surface area contributed by atoms with Crippen LogP contribution in [0.4, 0.5) is 0 Å². The number of pyridine rings is 1. The van der Waals surface area contributed by atoms with E-state index in [9.17, 15) is 0 Å². The van der Waals surface area contributed by atoms with E-state index in [1.54, 1.807) is 13.3 Å². The Kier molecular flexibility index (Phi) is 3.40. The van der Waals surface area contributed by atoms with Gasteiger partial charge in [0.1, 0.15) is 0 Å². The molecule has 0 spiro atoms. The molecule has 60 valence electrons. The van der Waals surface area contributed by atoms with E-state index in [-0.39, 0.29) is 0 Å². The van der Waals surface area contributed by atoms with Gasteiger partial charge in [0.15, 0.2) is 0 Å². The molecule has 1 rings (SSSR count). The summed E-state index contributed by atoms with van der Waals surface area (Å²) in [7, 11) is 1.66. The Morgan fingerprint density at radius 1 is 1.64 bits per heavy atom. The first kappa shape index (κ1) is 8.56. The zero-order chi connectivity index (χ0) is 8.10. The summed E-state index contributed by atoms with van der Waals surface area (Å²) in [5, 5.41) is 1.19. The van der Waals surface area contributed by atoms with Crippen LogP contribution in [0.5, 0.6) is 5.88 Å². The molecule has 1 heterocycles. The fourth-order valence-corrected chi connectivity index (χ4v) is 2.36. The molecule has 0 unspecified atom stereocenters. The number of hydrogen-bond donors (Lipinski definition) is 0. The standard InChI is InChI=1S/C8H11NOSe/c1-3-11-7-5-4-6-9-8(7)10-2/h4-6H,3H2,1-2H3. The zero-order valence-corrected chi connectivity index (χ0v) is 8.42. The van der Waals surface area contributed by atoms with Gasteiger partial charge in [0, 0.05) is 0 Å². The molecule has 3 heteroatoms. The molecule has 0 bridgehead atoms. The summed E-state index contributed by atoms with van der Waals surface area (Å²) in [4.78, 5) is 4.11. The molecule has 0 radical (unpaired) electrons. The molecule has 0 N–H and O–H groups in total. The Morgan fingerprint density at radius 3 is 3.09 bits per heavy atom. The Labute approximate surface area is 73.1 Å². The van der Waals surface area contributed by atoms with Crippen molar-refractivity contribution in [2.24, 2.45) is 0 Å².